The van der Waals surface area contributed by atoms with Crippen LogP contribution < -0.4 is 14.4 Å². The lowest BCUT2D eigenvalue weighted by Crippen LogP contribution is -2.48. The summed E-state index contributed by atoms with van der Waals surface area (Å²) >= 11 is 6.03. The molecular formula is C40H51ClN2O7. The van der Waals surface area contributed by atoms with E-state index < -0.39 is 5.60 Å². The molecule has 0 spiro atoms. The van der Waals surface area contributed by atoms with Crippen LogP contribution in [0.15, 0.2) is 66.7 Å². The van der Waals surface area contributed by atoms with E-state index in [-0.39, 0.29) is 24.0 Å². The average molecular weight is 707 g/mol. The minimum absolute atomic E-state index is 0.0797. The highest BCUT2D eigenvalue weighted by Crippen LogP contribution is 2.34. The summed E-state index contributed by atoms with van der Waals surface area (Å²) in [5, 5.41) is 0.662. The Kier molecular flexibility index (Phi) is 13.4. The van der Waals surface area contributed by atoms with Gasteiger partial charge in [0, 0.05) is 49.9 Å². The van der Waals surface area contributed by atoms with E-state index in [1.165, 1.54) is 5.56 Å². The summed E-state index contributed by atoms with van der Waals surface area (Å²) in [7, 11) is 1.68. The SMILES string of the molecule is COCCCN1C(=O)CCc2ccc(COC3CN(C(=O)OC(C)(C)C)CCC3c3ccc(OCCCCOc4cccc(Cl)c4)cc3)cc21. The number of carbonyl (C=O) groups excluding carboxylic acids is 2. The Bertz CT molecular complexity index is 1560. The molecule has 2 aliphatic rings. The van der Waals surface area contributed by atoms with Gasteiger partial charge in [0.05, 0.1) is 32.5 Å². The molecule has 2 heterocycles. The van der Waals surface area contributed by atoms with Crippen LogP contribution in [0.25, 0.3) is 0 Å². The minimum Gasteiger partial charge on any atom is -0.494 e. The fourth-order valence-corrected chi connectivity index (χ4v) is 6.58. The minimum atomic E-state index is -0.584. The third kappa shape index (κ3) is 10.9. The second-order valence-electron chi connectivity index (χ2n) is 14.0. The van der Waals surface area contributed by atoms with E-state index in [2.05, 4.69) is 30.3 Å². The number of hydrogen-bond acceptors (Lipinski definition) is 7. The van der Waals surface area contributed by atoms with E-state index in [0.29, 0.717) is 57.5 Å². The van der Waals surface area contributed by atoms with Gasteiger partial charge in [-0.2, -0.15) is 0 Å². The lowest BCUT2D eigenvalue weighted by Gasteiger charge is -2.39. The molecule has 0 radical (unpaired) electrons. The smallest absolute Gasteiger partial charge is 0.410 e. The Balaban J connectivity index is 1.20. The second-order valence-corrected chi connectivity index (χ2v) is 14.4. The molecule has 2 amide bonds. The number of carbonyl (C=O) groups is 2. The van der Waals surface area contributed by atoms with E-state index in [0.717, 1.165) is 60.4 Å². The van der Waals surface area contributed by atoms with Gasteiger partial charge in [-0.05, 0) is 106 Å². The van der Waals surface area contributed by atoms with E-state index in [1.807, 2.05) is 62.1 Å². The number of benzene rings is 3. The number of halogens is 1. The van der Waals surface area contributed by atoms with Crippen LogP contribution in [0.1, 0.15) is 75.5 Å². The highest BCUT2D eigenvalue weighted by molar-refractivity contribution is 6.30. The highest BCUT2D eigenvalue weighted by Gasteiger charge is 2.35. The third-order valence-corrected chi connectivity index (χ3v) is 9.17. The number of rotatable bonds is 15. The molecule has 0 aromatic heterocycles. The molecule has 1 fully saturated rings. The molecule has 10 heteroatoms. The van der Waals surface area contributed by atoms with Gasteiger partial charge in [-0.3, -0.25) is 4.79 Å². The first kappa shape index (κ1) is 37.5. The largest absolute Gasteiger partial charge is 0.494 e. The quantitative estimate of drug-likeness (QED) is 0.147. The number of nitrogens with zero attached hydrogens (tertiary/aromatic N) is 2. The van der Waals surface area contributed by atoms with Crippen molar-refractivity contribution in [2.45, 2.75) is 83.5 Å². The molecule has 1 saturated heterocycles. The van der Waals surface area contributed by atoms with Crippen LogP contribution >= 0.6 is 11.6 Å². The van der Waals surface area contributed by atoms with Gasteiger partial charge in [0.15, 0.2) is 0 Å². The molecular weight excluding hydrogens is 656 g/mol. The highest BCUT2D eigenvalue weighted by atomic mass is 35.5. The monoisotopic (exact) mass is 706 g/mol. The molecule has 50 heavy (non-hydrogen) atoms. The molecule has 0 saturated carbocycles. The van der Waals surface area contributed by atoms with Crippen molar-refractivity contribution in [3.63, 3.8) is 0 Å². The number of unbranched alkanes of at least 4 members (excludes halogenated alkanes) is 1. The number of amides is 2. The maximum atomic E-state index is 13.1. The van der Waals surface area contributed by atoms with Crippen molar-refractivity contribution in [2.75, 3.05) is 51.5 Å². The molecule has 9 nitrogen and oxygen atoms in total. The van der Waals surface area contributed by atoms with Crippen molar-refractivity contribution in [3.05, 3.63) is 88.4 Å². The molecule has 2 unspecified atom stereocenters. The van der Waals surface area contributed by atoms with E-state index in [9.17, 15) is 9.59 Å². The number of anilines is 1. The van der Waals surface area contributed by atoms with Gasteiger partial charge < -0.3 is 33.5 Å². The predicted octanol–water partition coefficient (Wildman–Crippen LogP) is 8.20. The number of hydrogen-bond donors (Lipinski definition) is 0. The maximum absolute atomic E-state index is 13.1. The summed E-state index contributed by atoms with van der Waals surface area (Å²) in [6, 6.07) is 21.9. The van der Waals surface area contributed by atoms with Gasteiger partial charge in [0.25, 0.3) is 0 Å². The summed E-state index contributed by atoms with van der Waals surface area (Å²) in [4.78, 5) is 29.6. The fraction of sp³-hybridized carbons (Fsp3) is 0.500. The van der Waals surface area contributed by atoms with Gasteiger partial charge in [0.1, 0.15) is 17.1 Å². The van der Waals surface area contributed by atoms with Crippen LogP contribution in [0.5, 0.6) is 11.5 Å². The zero-order valence-corrected chi connectivity index (χ0v) is 30.6. The summed E-state index contributed by atoms with van der Waals surface area (Å²) in [5.74, 6) is 1.80. The first-order valence-corrected chi connectivity index (χ1v) is 18.1. The van der Waals surface area contributed by atoms with Crippen molar-refractivity contribution in [3.8, 4) is 11.5 Å². The Labute approximate surface area is 301 Å². The number of methoxy groups -OCH3 is 1. The molecule has 0 bridgehead atoms. The van der Waals surface area contributed by atoms with Gasteiger partial charge in [-0.15, -0.1) is 0 Å². The number of aryl methyl sites for hydroxylation is 1. The van der Waals surface area contributed by atoms with Crippen LogP contribution in [0.4, 0.5) is 10.5 Å². The molecule has 0 N–H and O–H groups in total. The molecule has 5 rings (SSSR count). The average Bonchev–Trinajstić information content (AvgIpc) is 3.09. The summed E-state index contributed by atoms with van der Waals surface area (Å²) < 4.78 is 29.4. The Morgan fingerprint density at radius 1 is 0.900 bits per heavy atom. The molecule has 2 aliphatic heterocycles. The van der Waals surface area contributed by atoms with Crippen LogP contribution in [0.3, 0.4) is 0 Å². The van der Waals surface area contributed by atoms with Gasteiger partial charge in [-0.1, -0.05) is 41.9 Å². The predicted molar refractivity (Wildman–Crippen MR) is 195 cm³/mol. The number of ether oxygens (including phenoxy) is 5. The molecule has 3 aromatic carbocycles. The summed E-state index contributed by atoms with van der Waals surface area (Å²) in [5.41, 5.74) is 3.68. The van der Waals surface area contributed by atoms with E-state index >= 15 is 0 Å². The first-order chi connectivity index (χ1) is 24.1. The second kappa shape index (κ2) is 17.9. The zero-order valence-electron chi connectivity index (χ0n) is 29.8. The van der Waals surface area contributed by atoms with Crippen LogP contribution in [-0.4, -0.2) is 75.2 Å². The standard InChI is InChI=1S/C40H51ClN2O7/c1-40(2,3)50-39(45)42-21-19-35(30-13-16-33(17-14-30)47-23-5-6-24-48-34-10-7-9-32(41)26-34)37(27-42)49-28-29-11-12-31-15-18-38(44)43(36(31)25-29)20-8-22-46-4/h7,9-14,16-17,25-26,35,37H,5-6,8,15,18-24,27-28H2,1-4H3. The summed E-state index contributed by atoms with van der Waals surface area (Å²) in [6.07, 6.45) is 3.92. The van der Waals surface area contributed by atoms with E-state index in [1.54, 1.807) is 12.0 Å². The van der Waals surface area contributed by atoms with Crippen molar-refractivity contribution >= 4 is 29.3 Å². The third-order valence-electron chi connectivity index (χ3n) is 8.94. The van der Waals surface area contributed by atoms with Gasteiger partial charge in [0.2, 0.25) is 5.91 Å². The fourth-order valence-electron chi connectivity index (χ4n) is 6.40. The van der Waals surface area contributed by atoms with Crippen LogP contribution in [-0.2, 0) is 32.0 Å². The first-order valence-electron chi connectivity index (χ1n) is 17.7. The summed E-state index contributed by atoms with van der Waals surface area (Å²) in [6.45, 7) is 9.41. The van der Waals surface area contributed by atoms with Crippen LogP contribution in [0, 0.1) is 0 Å². The van der Waals surface area contributed by atoms with Crippen molar-refractivity contribution in [1.29, 1.82) is 0 Å². The number of fused-ring (bicyclic) bond motifs is 1. The Morgan fingerprint density at radius 3 is 2.38 bits per heavy atom. The van der Waals surface area contributed by atoms with Crippen LogP contribution in [0.2, 0.25) is 5.02 Å². The topological polar surface area (TPSA) is 86.8 Å². The zero-order chi connectivity index (χ0) is 35.5. The molecule has 0 aliphatic carbocycles. The number of piperidine rings is 1. The Morgan fingerprint density at radius 2 is 1.66 bits per heavy atom. The normalized spacial score (nSPS) is 17.7. The maximum Gasteiger partial charge on any atom is 0.410 e. The van der Waals surface area contributed by atoms with Crippen molar-refractivity contribution in [1.82, 2.24) is 4.90 Å². The van der Waals surface area contributed by atoms with Gasteiger partial charge >= 0.3 is 6.09 Å². The molecule has 2 atom stereocenters. The Hall–Kier alpha value is -3.79. The number of likely N-dealkylation sites (tertiary alicyclic amines) is 1. The van der Waals surface area contributed by atoms with E-state index in [4.69, 9.17) is 35.3 Å². The van der Waals surface area contributed by atoms with Gasteiger partial charge in [-0.25, -0.2) is 4.79 Å². The lowest BCUT2D eigenvalue weighted by atomic mass is 9.87. The molecule has 3 aromatic rings. The molecule has 270 valence electrons. The lowest BCUT2D eigenvalue weighted by molar-refractivity contribution is -0.118. The van der Waals surface area contributed by atoms with Crippen molar-refractivity contribution in [2.24, 2.45) is 0 Å². The van der Waals surface area contributed by atoms with Crippen molar-refractivity contribution < 1.29 is 33.3 Å².